The van der Waals surface area contributed by atoms with Crippen LogP contribution in [0.25, 0.3) is 0 Å². The molecule has 0 aromatic heterocycles. The lowest BCUT2D eigenvalue weighted by atomic mass is 9.77. The van der Waals surface area contributed by atoms with Gasteiger partial charge in [-0.1, -0.05) is 40.5 Å². The maximum Gasteiger partial charge on any atom is 0.0336 e. The normalized spacial score (nSPS) is 23.5. The van der Waals surface area contributed by atoms with Crippen molar-refractivity contribution in [3.05, 3.63) is 0 Å². The van der Waals surface area contributed by atoms with Gasteiger partial charge in [0.05, 0.1) is 0 Å². The van der Waals surface area contributed by atoms with Gasteiger partial charge in [0, 0.05) is 15.6 Å². The predicted molar refractivity (Wildman–Crippen MR) is 66.9 cm³/mol. The summed E-state index contributed by atoms with van der Waals surface area (Å²) in [5.41, 5.74) is 0. The Bertz CT molecular complexity index is 135. The van der Waals surface area contributed by atoms with Gasteiger partial charge in [0.25, 0.3) is 0 Å². The second-order valence-electron chi connectivity index (χ2n) is 4.60. The maximum atomic E-state index is 6.37. The summed E-state index contributed by atoms with van der Waals surface area (Å²) in [5.74, 6) is 1.53. The summed E-state index contributed by atoms with van der Waals surface area (Å²) in [7, 11) is 1.21. The van der Waals surface area contributed by atoms with Crippen molar-refractivity contribution >= 4 is 21.8 Å². The van der Waals surface area contributed by atoms with Crippen molar-refractivity contribution in [2.24, 2.45) is 11.8 Å². The molecule has 0 aliphatic carbocycles. The van der Waals surface area contributed by atoms with Crippen LogP contribution in [-0.4, -0.2) is 15.6 Å². The highest BCUT2D eigenvalue weighted by Gasteiger charge is 2.38. The van der Waals surface area contributed by atoms with E-state index in [1.54, 1.807) is 0 Å². The lowest BCUT2D eigenvalue weighted by Crippen LogP contribution is -2.35. The molecule has 0 nitrogen and oxygen atoms in total. The zero-order valence-electron chi connectivity index (χ0n) is 10.0. The van der Waals surface area contributed by atoms with E-state index in [-0.39, 0.29) is 0 Å². The molecule has 0 heterocycles. The molecule has 0 aromatic carbocycles. The summed E-state index contributed by atoms with van der Waals surface area (Å²) in [4.78, 5) is 0. The summed E-state index contributed by atoms with van der Waals surface area (Å²) < 4.78 is 0. The lowest BCUT2D eigenvalue weighted by Gasteiger charge is -2.43. The van der Waals surface area contributed by atoms with Crippen LogP contribution in [0.5, 0.6) is 0 Å². The monoisotopic (exact) mass is 220 g/mol. The lowest BCUT2D eigenvalue weighted by molar-refractivity contribution is 0.262. The highest BCUT2D eigenvalue weighted by atomic mass is 35.5. The summed E-state index contributed by atoms with van der Waals surface area (Å²) in [5, 5.41) is 0.745. The summed E-state index contributed by atoms with van der Waals surface area (Å²) in [6, 6.07) is 0. The zero-order valence-corrected chi connectivity index (χ0v) is 12.8. The fourth-order valence-electron chi connectivity index (χ4n) is 2.15. The number of rotatable bonds is 5. The number of alkyl halides is 1. The molecule has 0 fully saturated rings. The van der Waals surface area contributed by atoms with Crippen LogP contribution in [0, 0.1) is 11.8 Å². The molecule has 0 amide bonds. The largest absolute Gasteiger partial charge is 0.123 e. The van der Waals surface area contributed by atoms with Gasteiger partial charge in [0.1, 0.15) is 0 Å². The molecular weight excluding hydrogens is 196 g/mol. The minimum absolute atomic E-state index is 0.323. The molecule has 3 unspecified atom stereocenters. The van der Waals surface area contributed by atoms with Crippen molar-refractivity contribution in [1.82, 2.24) is 0 Å². The number of hydrogen-bond donors (Lipinski definition) is 0. The Balaban J connectivity index is 4.71. The van der Waals surface area contributed by atoms with Crippen LogP contribution in [0.15, 0.2) is 0 Å². The Morgan fingerprint density at radius 1 is 1.08 bits per heavy atom. The minimum Gasteiger partial charge on any atom is -0.123 e. The molecule has 3 atom stereocenters. The molecule has 0 rings (SSSR count). The van der Waals surface area contributed by atoms with Crippen molar-refractivity contribution in [3.63, 3.8) is 0 Å². The predicted octanol–water partition coefficient (Wildman–Crippen LogP) is 3.23. The van der Waals surface area contributed by atoms with Gasteiger partial charge < -0.3 is 0 Å². The van der Waals surface area contributed by atoms with Crippen molar-refractivity contribution < 1.29 is 0 Å². The van der Waals surface area contributed by atoms with E-state index in [1.807, 2.05) is 0 Å². The standard InChI is InChI=1S/C11H25ClSi/c1-6-8(3)11(13,10(5)12)9(4)7-2/h8-10H,6-7H2,1-5,13H3. The van der Waals surface area contributed by atoms with Gasteiger partial charge in [0.2, 0.25) is 0 Å². The van der Waals surface area contributed by atoms with Crippen molar-refractivity contribution in [1.29, 1.82) is 0 Å². The van der Waals surface area contributed by atoms with Crippen LogP contribution >= 0.6 is 11.6 Å². The molecule has 13 heavy (non-hydrogen) atoms. The average Bonchev–Trinajstić information content (AvgIpc) is 2.13. The van der Waals surface area contributed by atoms with Crippen molar-refractivity contribution in [2.75, 3.05) is 0 Å². The second kappa shape index (κ2) is 5.40. The van der Waals surface area contributed by atoms with Gasteiger partial charge in [-0.05, 0) is 23.8 Å². The van der Waals surface area contributed by atoms with E-state index in [1.165, 1.54) is 23.1 Å². The Kier molecular flexibility index (Phi) is 5.61. The SMILES string of the molecule is CCC(C)C([SiH3])(C(C)Cl)C(C)CC. The first kappa shape index (κ1) is 13.5. The Morgan fingerprint density at radius 3 is 1.54 bits per heavy atom. The van der Waals surface area contributed by atoms with Gasteiger partial charge >= 0.3 is 0 Å². The fraction of sp³-hybridized carbons (Fsp3) is 1.00. The molecule has 0 aliphatic rings. The first-order chi connectivity index (χ1) is 5.91. The van der Waals surface area contributed by atoms with E-state index < -0.39 is 0 Å². The Morgan fingerprint density at radius 2 is 1.38 bits per heavy atom. The van der Waals surface area contributed by atoms with E-state index in [9.17, 15) is 0 Å². The molecule has 2 heteroatoms. The van der Waals surface area contributed by atoms with Gasteiger partial charge in [-0.25, -0.2) is 0 Å². The molecule has 0 spiro atoms. The maximum absolute atomic E-state index is 6.37. The van der Waals surface area contributed by atoms with Crippen LogP contribution in [0.1, 0.15) is 47.5 Å². The van der Waals surface area contributed by atoms with E-state index in [0.717, 1.165) is 11.8 Å². The van der Waals surface area contributed by atoms with E-state index >= 15 is 0 Å². The molecular formula is C11H25ClSi. The second-order valence-corrected chi connectivity index (χ2v) is 6.99. The van der Waals surface area contributed by atoms with Crippen LogP contribution < -0.4 is 0 Å². The number of halogens is 1. The van der Waals surface area contributed by atoms with Gasteiger partial charge in [-0.15, -0.1) is 11.6 Å². The molecule has 0 saturated carbocycles. The molecule has 80 valence electrons. The topological polar surface area (TPSA) is 0 Å². The Hall–Kier alpha value is 0.507. The first-order valence-corrected chi connectivity index (χ1v) is 6.98. The van der Waals surface area contributed by atoms with Crippen LogP contribution in [-0.2, 0) is 0 Å². The third-order valence-corrected chi connectivity index (χ3v) is 7.88. The molecule has 0 radical (unpaired) electrons. The summed E-state index contributed by atoms with van der Waals surface area (Å²) in [6.45, 7) is 11.4. The third-order valence-electron chi connectivity index (χ3n) is 4.21. The van der Waals surface area contributed by atoms with Crippen LogP contribution in [0.2, 0.25) is 5.04 Å². The van der Waals surface area contributed by atoms with Gasteiger partial charge in [0.15, 0.2) is 0 Å². The zero-order chi connectivity index (χ0) is 10.6. The van der Waals surface area contributed by atoms with Crippen molar-refractivity contribution in [3.8, 4) is 0 Å². The average molecular weight is 221 g/mol. The number of hydrogen-bond acceptors (Lipinski definition) is 0. The third kappa shape index (κ3) is 2.73. The summed E-state index contributed by atoms with van der Waals surface area (Å²) in [6.07, 6.45) is 2.51. The Labute approximate surface area is 91.9 Å². The van der Waals surface area contributed by atoms with Crippen LogP contribution in [0.3, 0.4) is 0 Å². The highest BCUT2D eigenvalue weighted by Crippen LogP contribution is 2.48. The first-order valence-electron chi connectivity index (χ1n) is 5.55. The quantitative estimate of drug-likeness (QED) is 0.493. The van der Waals surface area contributed by atoms with E-state index in [2.05, 4.69) is 34.6 Å². The molecule has 0 aliphatic heterocycles. The van der Waals surface area contributed by atoms with Crippen LogP contribution in [0.4, 0.5) is 0 Å². The highest BCUT2D eigenvalue weighted by molar-refractivity contribution is 6.28. The minimum atomic E-state index is 0.323. The van der Waals surface area contributed by atoms with E-state index in [0.29, 0.717) is 10.4 Å². The van der Waals surface area contributed by atoms with Gasteiger partial charge in [-0.2, -0.15) is 0 Å². The molecule has 0 saturated heterocycles. The van der Waals surface area contributed by atoms with E-state index in [4.69, 9.17) is 11.6 Å². The summed E-state index contributed by atoms with van der Waals surface area (Å²) >= 11 is 6.37. The molecule has 0 bridgehead atoms. The molecule has 0 N–H and O–H groups in total. The fourth-order valence-corrected chi connectivity index (χ4v) is 3.40. The molecule has 0 aromatic rings. The van der Waals surface area contributed by atoms with Crippen molar-refractivity contribution in [2.45, 2.75) is 57.9 Å². The smallest absolute Gasteiger partial charge is 0.0336 e. The van der Waals surface area contributed by atoms with Gasteiger partial charge in [-0.3, -0.25) is 0 Å².